The third kappa shape index (κ3) is 5.14. The monoisotopic (exact) mass is 482 g/mol. The zero-order chi connectivity index (χ0) is 22.5. The molecular weight excluding hydrogens is 463 g/mol. The highest BCUT2D eigenvalue weighted by Crippen LogP contribution is 2.40. The maximum absolute atomic E-state index is 13.6. The fourth-order valence-corrected chi connectivity index (χ4v) is 4.54. The van der Waals surface area contributed by atoms with Crippen LogP contribution in [0.25, 0.3) is 0 Å². The van der Waals surface area contributed by atoms with Gasteiger partial charge in [0.2, 0.25) is 0 Å². The molecule has 0 aliphatic heterocycles. The van der Waals surface area contributed by atoms with Crippen LogP contribution in [0.2, 0.25) is 10.0 Å². The number of nitrogens with one attached hydrogen (secondary N) is 1. The molecule has 2 amide bonds. The first-order valence-corrected chi connectivity index (χ1v) is 11.5. The lowest BCUT2D eigenvalue weighted by molar-refractivity contribution is 0.145. The molecule has 0 saturated heterocycles. The van der Waals surface area contributed by atoms with Gasteiger partial charge in [-0.3, -0.25) is 4.90 Å². The normalized spacial score (nSPS) is 12.7. The number of urea groups is 1. The van der Waals surface area contributed by atoms with Gasteiger partial charge in [-0.25, -0.2) is 4.79 Å². The molecule has 0 bridgehead atoms. The van der Waals surface area contributed by atoms with Crippen molar-refractivity contribution < 1.29 is 9.90 Å². The van der Waals surface area contributed by atoms with Crippen LogP contribution in [0, 0.1) is 0 Å². The molecule has 162 valence electrons. The van der Waals surface area contributed by atoms with E-state index in [9.17, 15) is 9.90 Å². The van der Waals surface area contributed by atoms with E-state index in [2.05, 4.69) is 5.32 Å². The van der Waals surface area contributed by atoms with Gasteiger partial charge < -0.3 is 10.4 Å². The molecule has 1 aromatic heterocycles. The average Bonchev–Trinajstić information content (AvgIpc) is 3.34. The van der Waals surface area contributed by atoms with Crippen molar-refractivity contribution in [3.8, 4) is 0 Å². The molecule has 0 aliphatic rings. The minimum atomic E-state index is -0.957. The lowest BCUT2D eigenvalue weighted by Gasteiger charge is -2.34. The molecule has 2 atom stereocenters. The first-order chi connectivity index (χ1) is 15.5. The van der Waals surface area contributed by atoms with Gasteiger partial charge in [0, 0.05) is 26.3 Å². The highest BCUT2D eigenvalue weighted by molar-refractivity contribution is 7.10. The summed E-state index contributed by atoms with van der Waals surface area (Å²) in [5.41, 5.74) is 1.91. The van der Waals surface area contributed by atoms with Crippen LogP contribution >= 0.6 is 34.5 Å². The Balaban J connectivity index is 1.78. The molecule has 0 fully saturated rings. The molecule has 4 rings (SSSR count). The molecule has 0 spiro atoms. The summed E-state index contributed by atoms with van der Waals surface area (Å²) in [4.78, 5) is 16.0. The Morgan fingerprint density at radius 1 is 0.844 bits per heavy atom. The number of nitrogens with zero attached hydrogens (tertiary/aromatic N) is 1. The molecule has 4 aromatic rings. The van der Waals surface area contributed by atoms with Crippen LogP contribution in [0.3, 0.4) is 0 Å². The Kier molecular flexibility index (Phi) is 7.12. The second-order valence-electron chi connectivity index (χ2n) is 7.10. The van der Waals surface area contributed by atoms with Crippen molar-refractivity contribution in [1.82, 2.24) is 0 Å². The Labute approximate surface area is 200 Å². The maximum Gasteiger partial charge on any atom is 0.327 e. The molecule has 0 radical (unpaired) electrons. The minimum absolute atomic E-state index is 0.386. The van der Waals surface area contributed by atoms with Gasteiger partial charge in [0.1, 0.15) is 12.1 Å². The van der Waals surface area contributed by atoms with Crippen LogP contribution in [-0.2, 0) is 0 Å². The second-order valence-corrected chi connectivity index (χ2v) is 8.95. The van der Waals surface area contributed by atoms with Crippen LogP contribution in [0.15, 0.2) is 96.4 Å². The van der Waals surface area contributed by atoms with Crippen LogP contribution in [-0.4, -0.2) is 11.1 Å². The predicted octanol–water partition coefficient (Wildman–Crippen LogP) is 7.57. The Morgan fingerprint density at radius 2 is 1.47 bits per heavy atom. The summed E-state index contributed by atoms with van der Waals surface area (Å²) >= 11 is 13.6. The van der Waals surface area contributed by atoms with E-state index in [-0.39, 0.29) is 6.03 Å². The van der Waals surface area contributed by atoms with Crippen LogP contribution in [0.1, 0.15) is 22.6 Å². The van der Waals surface area contributed by atoms with E-state index >= 15 is 0 Å². The van der Waals surface area contributed by atoms with Gasteiger partial charge in [-0.15, -0.1) is 11.3 Å². The second kappa shape index (κ2) is 10.2. The van der Waals surface area contributed by atoms with Gasteiger partial charge in [0.05, 0.1) is 0 Å². The number of aliphatic hydroxyl groups is 1. The summed E-state index contributed by atoms with van der Waals surface area (Å²) in [6.45, 7) is 0. The fourth-order valence-electron chi connectivity index (χ4n) is 3.44. The largest absolute Gasteiger partial charge is 0.386 e. The van der Waals surface area contributed by atoms with Crippen molar-refractivity contribution in [3.63, 3.8) is 0 Å². The topological polar surface area (TPSA) is 52.6 Å². The first-order valence-electron chi connectivity index (χ1n) is 9.90. The molecule has 2 unspecified atom stereocenters. The summed E-state index contributed by atoms with van der Waals surface area (Å²) < 4.78 is 0. The van der Waals surface area contributed by atoms with Crippen molar-refractivity contribution in [2.45, 2.75) is 12.1 Å². The summed E-state index contributed by atoms with van der Waals surface area (Å²) in [6, 6.07) is 25.9. The summed E-state index contributed by atoms with van der Waals surface area (Å²) in [5.74, 6) is 0. The van der Waals surface area contributed by atoms with E-state index in [1.165, 1.54) is 11.3 Å². The van der Waals surface area contributed by atoms with E-state index in [1.54, 1.807) is 53.4 Å². The quantitative estimate of drug-likeness (QED) is 0.297. The number of benzene rings is 3. The number of halogens is 2. The lowest BCUT2D eigenvalue weighted by Crippen LogP contribution is -2.40. The zero-order valence-electron chi connectivity index (χ0n) is 16.9. The molecule has 7 heteroatoms. The van der Waals surface area contributed by atoms with Gasteiger partial charge in [-0.2, -0.15) is 0 Å². The zero-order valence-corrected chi connectivity index (χ0v) is 19.2. The van der Waals surface area contributed by atoms with Crippen LogP contribution in [0.5, 0.6) is 0 Å². The molecule has 3 aromatic carbocycles. The summed E-state index contributed by atoms with van der Waals surface area (Å²) in [6.07, 6.45) is -0.957. The third-order valence-corrected chi connectivity index (χ3v) is 6.42. The van der Waals surface area contributed by atoms with Gasteiger partial charge in [0.25, 0.3) is 0 Å². The molecule has 4 nitrogen and oxygen atoms in total. The molecule has 2 N–H and O–H groups in total. The maximum atomic E-state index is 13.6. The number of hydrogen-bond donors (Lipinski definition) is 2. The van der Waals surface area contributed by atoms with E-state index in [0.29, 0.717) is 27.0 Å². The molecule has 1 heterocycles. The number of carbonyl (C=O) groups excluding carboxylic acids is 1. The van der Waals surface area contributed by atoms with Gasteiger partial charge >= 0.3 is 6.03 Å². The molecule has 0 saturated carbocycles. The predicted molar refractivity (Wildman–Crippen MR) is 133 cm³/mol. The highest BCUT2D eigenvalue weighted by Gasteiger charge is 2.34. The van der Waals surface area contributed by atoms with E-state index in [0.717, 1.165) is 4.88 Å². The Morgan fingerprint density at radius 3 is 2.06 bits per heavy atom. The standard InChI is InChI=1S/C25H20Cl2N2O2S/c26-18-8-12-20(13-9-18)28-25(31)29(21-14-10-19(27)11-15-21)23(22-7-4-16-32-22)24(30)17-5-2-1-3-6-17/h1-16,23-24,30H,(H,28,31). The number of rotatable bonds is 6. The summed E-state index contributed by atoms with van der Waals surface area (Å²) in [5, 5.41) is 17.4. The van der Waals surface area contributed by atoms with Crippen LogP contribution < -0.4 is 10.2 Å². The number of thiophene rings is 1. The molecule has 32 heavy (non-hydrogen) atoms. The number of carbonyl (C=O) groups is 1. The van der Waals surface area contributed by atoms with E-state index in [4.69, 9.17) is 23.2 Å². The average molecular weight is 483 g/mol. The van der Waals surface area contributed by atoms with Gasteiger partial charge in [-0.05, 0) is 65.5 Å². The lowest BCUT2D eigenvalue weighted by atomic mass is 9.99. The molecule has 0 aliphatic carbocycles. The van der Waals surface area contributed by atoms with Crippen molar-refractivity contribution in [3.05, 3.63) is 117 Å². The van der Waals surface area contributed by atoms with E-state index < -0.39 is 12.1 Å². The molecular formula is C25H20Cl2N2O2S. The van der Waals surface area contributed by atoms with Crippen molar-refractivity contribution >= 4 is 51.9 Å². The fraction of sp³-hybridized carbons (Fsp3) is 0.0800. The minimum Gasteiger partial charge on any atom is -0.386 e. The number of aliphatic hydroxyl groups excluding tert-OH is 1. The Bertz CT molecular complexity index is 1150. The van der Waals surface area contributed by atoms with Gasteiger partial charge in [0.15, 0.2) is 0 Å². The number of anilines is 2. The van der Waals surface area contributed by atoms with E-state index in [1.807, 2.05) is 47.8 Å². The summed E-state index contributed by atoms with van der Waals surface area (Å²) in [7, 11) is 0. The van der Waals surface area contributed by atoms with Crippen molar-refractivity contribution in [2.75, 3.05) is 10.2 Å². The first kappa shape index (κ1) is 22.4. The SMILES string of the molecule is O=C(Nc1ccc(Cl)cc1)N(c1ccc(Cl)cc1)C(c1cccs1)C(O)c1ccccc1. The van der Waals surface area contributed by atoms with Gasteiger partial charge in [-0.1, -0.05) is 59.6 Å². The number of amides is 2. The van der Waals surface area contributed by atoms with Crippen molar-refractivity contribution in [1.29, 1.82) is 0 Å². The smallest absolute Gasteiger partial charge is 0.327 e. The number of hydrogen-bond acceptors (Lipinski definition) is 3. The third-order valence-electron chi connectivity index (χ3n) is 4.97. The van der Waals surface area contributed by atoms with Crippen LogP contribution in [0.4, 0.5) is 16.2 Å². The Hall–Kier alpha value is -2.83. The van der Waals surface area contributed by atoms with Crippen molar-refractivity contribution in [2.24, 2.45) is 0 Å². The highest BCUT2D eigenvalue weighted by atomic mass is 35.5.